The van der Waals surface area contributed by atoms with Crippen LogP contribution >= 0.6 is 39.1 Å². The molecule has 2 aromatic rings. The third-order valence-electron chi connectivity index (χ3n) is 5.34. The summed E-state index contributed by atoms with van der Waals surface area (Å²) in [5.74, 6) is 1.44. The van der Waals surface area contributed by atoms with Gasteiger partial charge in [0.15, 0.2) is 11.5 Å². The Bertz CT molecular complexity index is 835. The van der Waals surface area contributed by atoms with Crippen LogP contribution in [0.1, 0.15) is 30.9 Å². The largest absolute Gasteiger partial charge is 0.493 e. The van der Waals surface area contributed by atoms with E-state index >= 15 is 0 Å². The molecule has 0 spiro atoms. The van der Waals surface area contributed by atoms with Crippen molar-refractivity contribution in [2.45, 2.75) is 39.0 Å². The molecule has 7 heteroatoms. The van der Waals surface area contributed by atoms with Crippen LogP contribution in [0, 0.1) is 0 Å². The number of nitrogens with zero attached hydrogens (tertiary/aromatic N) is 1. The maximum absolute atomic E-state index is 6.18. The topological polar surface area (TPSA) is 33.7 Å². The van der Waals surface area contributed by atoms with E-state index in [-0.39, 0.29) is 0 Å². The van der Waals surface area contributed by atoms with Crippen LogP contribution in [0.3, 0.4) is 0 Å². The molecule has 1 unspecified atom stereocenters. The van der Waals surface area contributed by atoms with Crippen LogP contribution in [0.15, 0.2) is 34.8 Å². The minimum atomic E-state index is 0.378. The van der Waals surface area contributed by atoms with Gasteiger partial charge < -0.3 is 14.8 Å². The molecule has 1 saturated heterocycles. The fraction of sp³-hybridized carbons (Fsp3) is 0.455. The average Bonchev–Trinajstić information content (AvgIpc) is 3.18. The summed E-state index contributed by atoms with van der Waals surface area (Å²) in [4.78, 5) is 2.54. The molecule has 1 fully saturated rings. The number of ether oxygens (including phenoxy) is 2. The zero-order valence-corrected chi connectivity index (χ0v) is 19.9. The molecular weight excluding hydrogens is 475 g/mol. The van der Waals surface area contributed by atoms with Gasteiger partial charge in [-0.25, -0.2) is 0 Å². The predicted molar refractivity (Wildman–Crippen MR) is 123 cm³/mol. The second kappa shape index (κ2) is 10.9. The van der Waals surface area contributed by atoms with Crippen molar-refractivity contribution in [2.75, 3.05) is 26.7 Å². The van der Waals surface area contributed by atoms with Crippen LogP contribution in [-0.4, -0.2) is 37.7 Å². The fourth-order valence-corrected chi connectivity index (χ4v) is 4.53. The van der Waals surface area contributed by atoms with E-state index < -0.39 is 0 Å². The summed E-state index contributed by atoms with van der Waals surface area (Å²) in [6.07, 6.45) is 2.53. The highest BCUT2D eigenvalue weighted by atomic mass is 79.9. The zero-order chi connectivity index (χ0) is 20.8. The molecular formula is C22H27BrCl2N2O2. The van der Waals surface area contributed by atoms with Crippen LogP contribution in [-0.2, 0) is 13.2 Å². The van der Waals surface area contributed by atoms with Crippen molar-refractivity contribution in [3.63, 3.8) is 0 Å². The highest BCUT2D eigenvalue weighted by Gasteiger charge is 2.23. The van der Waals surface area contributed by atoms with Crippen molar-refractivity contribution in [1.29, 1.82) is 0 Å². The molecule has 4 nitrogen and oxygen atoms in total. The monoisotopic (exact) mass is 500 g/mol. The van der Waals surface area contributed by atoms with Crippen molar-refractivity contribution >= 4 is 39.1 Å². The Balaban J connectivity index is 1.71. The molecule has 158 valence electrons. The van der Waals surface area contributed by atoms with Gasteiger partial charge in [-0.3, -0.25) is 4.90 Å². The summed E-state index contributed by atoms with van der Waals surface area (Å²) >= 11 is 15.8. The second-order valence-electron chi connectivity index (χ2n) is 7.15. The van der Waals surface area contributed by atoms with E-state index in [1.54, 1.807) is 13.2 Å². The quantitative estimate of drug-likeness (QED) is 0.462. The van der Waals surface area contributed by atoms with E-state index in [0.29, 0.717) is 35.0 Å². The predicted octanol–water partition coefficient (Wildman–Crippen LogP) is 5.92. The molecule has 1 aliphatic rings. The molecule has 1 atom stereocenters. The molecule has 29 heavy (non-hydrogen) atoms. The molecule has 0 bridgehead atoms. The van der Waals surface area contributed by atoms with Gasteiger partial charge in [0.2, 0.25) is 0 Å². The highest BCUT2D eigenvalue weighted by molar-refractivity contribution is 9.10. The molecule has 0 radical (unpaired) electrons. The van der Waals surface area contributed by atoms with E-state index in [1.165, 1.54) is 19.4 Å². The van der Waals surface area contributed by atoms with E-state index in [9.17, 15) is 0 Å². The lowest BCUT2D eigenvalue weighted by molar-refractivity contribution is 0.258. The fourth-order valence-electron chi connectivity index (χ4n) is 3.76. The number of likely N-dealkylation sites (N-methyl/N-ethyl adjacent to an activating group) is 1. The van der Waals surface area contributed by atoms with E-state index in [4.69, 9.17) is 32.7 Å². The number of halogens is 3. The van der Waals surface area contributed by atoms with Crippen LogP contribution in [0.25, 0.3) is 0 Å². The lowest BCUT2D eigenvalue weighted by Gasteiger charge is -2.23. The Morgan fingerprint density at radius 3 is 2.76 bits per heavy atom. The third-order valence-corrected chi connectivity index (χ3v) is 6.82. The normalized spacial score (nSPS) is 16.9. The maximum atomic E-state index is 6.18. The van der Waals surface area contributed by atoms with E-state index in [2.05, 4.69) is 33.1 Å². The highest BCUT2D eigenvalue weighted by Crippen LogP contribution is 2.37. The van der Waals surface area contributed by atoms with Gasteiger partial charge in [0.25, 0.3) is 0 Å². The van der Waals surface area contributed by atoms with E-state index in [1.807, 2.05) is 24.3 Å². The third kappa shape index (κ3) is 5.80. The Morgan fingerprint density at radius 1 is 1.21 bits per heavy atom. The summed E-state index contributed by atoms with van der Waals surface area (Å²) in [5, 5.41) is 4.67. The van der Waals surface area contributed by atoms with Gasteiger partial charge >= 0.3 is 0 Å². The Labute approximate surface area is 191 Å². The number of rotatable bonds is 9. The second-order valence-corrected chi connectivity index (χ2v) is 8.82. The van der Waals surface area contributed by atoms with Crippen molar-refractivity contribution in [1.82, 2.24) is 10.2 Å². The molecule has 0 aliphatic carbocycles. The lowest BCUT2D eigenvalue weighted by Crippen LogP contribution is -2.37. The number of benzene rings is 2. The van der Waals surface area contributed by atoms with Crippen LogP contribution in [0.5, 0.6) is 11.5 Å². The smallest absolute Gasteiger partial charge is 0.167 e. The number of nitrogens with one attached hydrogen (secondary N) is 1. The Morgan fingerprint density at radius 2 is 2.03 bits per heavy atom. The van der Waals surface area contributed by atoms with Gasteiger partial charge in [0.1, 0.15) is 6.61 Å². The standard InChI is InChI=1S/C22H27BrCl2N2O2/c1-3-27-10-4-5-16(27)12-26-13-17-18(23)7-9-21(28-2)22(17)29-14-15-6-8-19(24)20(25)11-15/h6-9,11,16,26H,3-5,10,12-14H2,1-2H3. The molecule has 0 saturated carbocycles. The first-order valence-corrected chi connectivity index (χ1v) is 11.4. The number of hydrogen-bond donors (Lipinski definition) is 1. The first-order chi connectivity index (χ1) is 14.0. The van der Waals surface area contributed by atoms with Gasteiger partial charge in [-0.05, 0) is 55.8 Å². The minimum absolute atomic E-state index is 0.378. The lowest BCUT2D eigenvalue weighted by atomic mass is 10.1. The summed E-state index contributed by atoms with van der Waals surface area (Å²) in [6, 6.07) is 10.0. The molecule has 1 aliphatic heterocycles. The Hall–Kier alpha value is -0.980. The average molecular weight is 502 g/mol. The molecule has 1 heterocycles. The van der Waals surface area contributed by atoms with Crippen LogP contribution < -0.4 is 14.8 Å². The van der Waals surface area contributed by atoms with Gasteiger partial charge in [0, 0.05) is 29.2 Å². The number of hydrogen-bond acceptors (Lipinski definition) is 4. The maximum Gasteiger partial charge on any atom is 0.167 e. The molecule has 3 rings (SSSR count). The SMILES string of the molecule is CCN1CCCC1CNCc1c(Br)ccc(OC)c1OCc1ccc(Cl)c(Cl)c1. The Kier molecular flexibility index (Phi) is 8.51. The van der Waals surface area contributed by atoms with Crippen LogP contribution in [0.4, 0.5) is 0 Å². The first kappa shape index (κ1) is 22.7. The molecule has 0 amide bonds. The minimum Gasteiger partial charge on any atom is -0.493 e. The van der Waals surface area contributed by atoms with Gasteiger partial charge in [-0.15, -0.1) is 0 Å². The van der Waals surface area contributed by atoms with Crippen molar-refractivity contribution in [2.24, 2.45) is 0 Å². The van der Waals surface area contributed by atoms with Gasteiger partial charge in [0.05, 0.1) is 17.2 Å². The van der Waals surface area contributed by atoms with Crippen molar-refractivity contribution < 1.29 is 9.47 Å². The van der Waals surface area contributed by atoms with Crippen LogP contribution in [0.2, 0.25) is 10.0 Å². The van der Waals surface area contributed by atoms with Gasteiger partial charge in [-0.2, -0.15) is 0 Å². The summed E-state index contributed by atoms with van der Waals surface area (Å²) < 4.78 is 12.7. The van der Waals surface area contributed by atoms with Gasteiger partial charge in [-0.1, -0.05) is 52.1 Å². The van der Waals surface area contributed by atoms with E-state index in [0.717, 1.165) is 34.4 Å². The van der Waals surface area contributed by atoms with Crippen molar-refractivity contribution in [3.8, 4) is 11.5 Å². The number of likely N-dealkylation sites (tertiary alicyclic amines) is 1. The molecule has 0 aromatic heterocycles. The first-order valence-electron chi connectivity index (χ1n) is 9.90. The molecule has 2 aromatic carbocycles. The zero-order valence-electron chi connectivity index (χ0n) is 16.8. The summed E-state index contributed by atoms with van der Waals surface area (Å²) in [6.45, 7) is 6.57. The summed E-state index contributed by atoms with van der Waals surface area (Å²) in [7, 11) is 1.66. The number of methoxy groups -OCH3 is 1. The van der Waals surface area contributed by atoms with Crippen molar-refractivity contribution in [3.05, 3.63) is 56.0 Å². The summed E-state index contributed by atoms with van der Waals surface area (Å²) in [5.41, 5.74) is 2.00. The molecule has 1 N–H and O–H groups in total.